The first-order valence-corrected chi connectivity index (χ1v) is 5.12. The summed E-state index contributed by atoms with van der Waals surface area (Å²) in [6.07, 6.45) is 6.24. The predicted molar refractivity (Wildman–Crippen MR) is 63.8 cm³/mol. The smallest absolute Gasteiger partial charge is 0.117 e. The molecule has 0 saturated carbocycles. The van der Waals surface area contributed by atoms with Gasteiger partial charge in [0, 0.05) is 18.0 Å². The standard InChI is InChI=1S/C14H9N2/c1-2-6-12-11(4-1)5-3-7-13(12)14-10-15-8-9-16-14/h1-9H. The molecule has 1 aromatic heterocycles. The number of nitrogens with zero attached hydrogens (tertiary/aromatic N) is 2. The van der Waals surface area contributed by atoms with Gasteiger partial charge in [0.2, 0.25) is 0 Å². The second kappa shape index (κ2) is 3.74. The first kappa shape index (κ1) is 9.04. The molecule has 2 aromatic carbocycles. The van der Waals surface area contributed by atoms with Crippen LogP contribution in [0.1, 0.15) is 0 Å². The van der Waals surface area contributed by atoms with E-state index in [9.17, 15) is 0 Å². The zero-order valence-electron chi connectivity index (χ0n) is 8.59. The Morgan fingerprint density at radius 2 is 1.75 bits per heavy atom. The highest BCUT2D eigenvalue weighted by molar-refractivity contribution is 5.95. The second-order valence-electron chi connectivity index (χ2n) is 3.54. The van der Waals surface area contributed by atoms with Gasteiger partial charge in [-0.1, -0.05) is 42.5 Å². The first-order chi connectivity index (χ1) is 7.95. The predicted octanol–water partition coefficient (Wildman–Crippen LogP) is 3.10. The van der Waals surface area contributed by atoms with Crippen LogP contribution >= 0.6 is 0 Å². The summed E-state index contributed by atoms with van der Waals surface area (Å²) in [7, 11) is 0. The van der Waals surface area contributed by atoms with Crippen LogP contribution in [0.3, 0.4) is 0 Å². The van der Waals surface area contributed by atoms with E-state index in [2.05, 4.69) is 34.4 Å². The van der Waals surface area contributed by atoms with Crippen molar-refractivity contribution in [1.29, 1.82) is 0 Å². The molecule has 16 heavy (non-hydrogen) atoms. The van der Waals surface area contributed by atoms with E-state index in [1.165, 1.54) is 10.8 Å². The Hall–Kier alpha value is -2.22. The summed E-state index contributed by atoms with van der Waals surface area (Å²) in [4.78, 5) is 8.26. The molecular formula is C14H9N2. The number of hydrogen-bond acceptors (Lipinski definition) is 2. The molecule has 0 N–H and O–H groups in total. The summed E-state index contributed by atoms with van der Waals surface area (Å²) in [5, 5.41) is 2.39. The van der Waals surface area contributed by atoms with Crippen LogP contribution in [-0.4, -0.2) is 9.97 Å². The molecule has 0 aliphatic carbocycles. The normalized spacial score (nSPS) is 10.5. The molecule has 0 amide bonds. The van der Waals surface area contributed by atoms with Gasteiger partial charge in [-0.05, 0) is 10.8 Å². The fourth-order valence-corrected chi connectivity index (χ4v) is 1.83. The molecule has 0 saturated heterocycles. The van der Waals surface area contributed by atoms with Crippen LogP contribution in [0.5, 0.6) is 0 Å². The topological polar surface area (TPSA) is 25.8 Å². The molecule has 1 radical (unpaired) electrons. The lowest BCUT2D eigenvalue weighted by atomic mass is 10.0. The molecule has 0 bridgehead atoms. The van der Waals surface area contributed by atoms with Gasteiger partial charge in [0.15, 0.2) is 0 Å². The van der Waals surface area contributed by atoms with Crippen LogP contribution < -0.4 is 0 Å². The van der Waals surface area contributed by atoms with Crippen LogP contribution in [0.2, 0.25) is 0 Å². The van der Waals surface area contributed by atoms with E-state index >= 15 is 0 Å². The number of aromatic nitrogens is 2. The van der Waals surface area contributed by atoms with E-state index < -0.39 is 0 Å². The van der Waals surface area contributed by atoms with Gasteiger partial charge >= 0.3 is 0 Å². The fraction of sp³-hybridized carbons (Fsp3) is 0. The minimum atomic E-state index is 0.791. The van der Waals surface area contributed by atoms with E-state index in [0.717, 1.165) is 11.3 Å². The van der Waals surface area contributed by atoms with Crippen LogP contribution in [-0.2, 0) is 0 Å². The monoisotopic (exact) mass is 205 g/mol. The molecule has 3 rings (SSSR count). The molecule has 2 nitrogen and oxygen atoms in total. The molecule has 0 unspecified atom stereocenters. The van der Waals surface area contributed by atoms with Crippen LogP contribution in [0, 0.1) is 6.20 Å². The lowest BCUT2D eigenvalue weighted by Crippen LogP contribution is -1.86. The summed E-state index contributed by atoms with van der Waals surface area (Å²) in [6.45, 7) is 0. The van der Waals surface area contributed by atoms with Gasteiger partial charge in [-0.3, -0.25) is 9.97 Å². The highest BCUT2D eigenvalue weighted by atomic mass is 14.8. The summed E-state index contributed by atoms with van der Waals surface area (Å²) >= 11 is 0. The van der Waals surface area contributed by atoms with E-state index in [0.29, 0.717) is 0 Å². The Labute approximate surface area is 93.6 Å². The van der Waals surface area contributed by atoms with E-state index in [4.69, 9.17) is 0 Å². The average molecular weight is 205 g/mol. The Kier molecular flexibility index (Phi) is 2.11. The van der Waals surface area contributed by atoms with E-state index in [-0.39, 0.29) is 0 Å². The van der Waals surface area contributed by atoms with Crippen LogP contribution in [0.15, 0.2) is 54.9 Å². The molecule has 0 aliphatic rings. The zero-order valence-corrected chi connectivity index (χ0v) is 8.59. The third kappa shape index (κ3) is 1.44. The Morgan fingerprint density at radius 3 is 2.62 bits per heavy atom. The molecule has 0 atom stereocenters. The van der Waals surface area contributed by atoms with Crippen molar-refractivity contribution in [1.82, 2.24) is 9.97 Å². The molecule has 1 heterocycles. The van der Waals surface area contributed by atoms with Crippen molar-refractivity contribution in [3.8, 4) is 11.3 Å². The van der Waals surface area contributed by atoms with Gasteiger partial charge < -0.3 is 0 Å². The zero-order chi connectivity index (χ0) is 10.8. The van der Waals surface area contributed by atoms with Crippen LogP contribution in [0.25, 0.3) is 22.0 Å². The summed E-state index contributed by atoms with van der Waals surface area (Å²) < 4.78 is 0. The maximum atomic E-state index is 4.28. The molecular weight excluding hydrogens is 196 g/mol. The quantitative estimate of drug-likeness (QED) is 0.610. The highest BCUT2D eigenvalue weighted by Gasteiger charge is 2.03. The summed E-state index contributed by atoms with van der Waals surface area (Å²) in [6, 6.07) is 14.4. The van der Waals surface area contributed by atoms with Crippen molar-refractivity contribution in [2.45, 2.75) is 0 Å². The average Bonchev–Trinajstić information content (AvgIpc) is 2.39. The SMILES string of the molecule is [c]1nccnc1-c1cccc2ccccc12. The number of benzene rings is 2. The minimum Gasteiger partial charge on any atom is -0.252 e. The van der Waals surface area contributed by atoms with Crippen molar-refractivity contribution in [2.75, 3.05) is 0 Å². The first-order valence-electron chi connectivity index (χ1n) is 5.12. The summed E-state index contributed by atoms with van der Waals surface area (Å²) in [5.41, 5.74) is 1.87. The van der Waals surface area contributed by atoms with Gasteiger partial charge in [-0.15, -0.1) is 0 Å². The Morgan fingerprint density at radius 1 is 0.875 bits per heavy atom. The second-order valence-corrected chi connectivity index (χ2v) is 3.54. The molecule has 0 fully saturated rings. The van der Waals surface area contributed by atoms with Crippen molar-refractivity contribution >= 4 is 10.8 Å². The van der Waals surface area contributed by atoms with Crippen molar-refractivity contribution in [2.24, 2.45) is 0 Å². The lowest BCUT2D eigenvalue weighted by Gasteiger charge is -2.04. The van der Waals surface area contributed by atoms with E-state index in [1.807, 2.05) is 24.3 Å². The number of rotatable bonds is 1. The van der Waals surface area contributed by atoms with Gasteiger partial charge in [0.1, 0.15) is 6.20 Å². The molecule has 75 valence electrons. The fourth-order valence-electron chi connectivity index (χ4n) is 1.83. The molecule has 3 aromatic rings. The minimum absolute atomic E-state index is 0.791. The maximum Gasteiger partial charge on any atom is 0.117 e. The van der Waals surface area contributed by atoms with Gasteiger partial charge in [0.25, 0.3) is 0 Å². The number of fused-ring (bicyclic) bond motifs is 1. The largest absolute Gasteiger partial charge is 0.252 e. The van der Waals surface area contributed by atoms with Crippen molar-refractivity contribution < 1.29 is 0 Å². The van der Waals surface area contributed by atoms with Gasteiger partial charge in [-0.25, -0.2) is 0 Å². The maximum absolute atomic E-state index is 4.28. The van der Waals surface area contributed by atoms with Crippen molar-refractivity contribution in [3.63, 3.8) is 0 Å². The molecule has 0 spiro atoms. The third-order valence-electron chi connectivity index (χ3n) is 2.56. The van der Waals surface area contributed by atoms with Crippen molar-refractivity contribution in [3.05, 3.63) is 61.1 Å². The van der Waals surface area contributed by atoms with Gasteiger partial charge in [-0.2, -0.15) is 0 Å². The Balaban J connectivity index is 2.32. The summed E-state index contributed by atoms with van der Waals surface area (Å²) in [5.74, 6) is 0. The Bertz CT molecular complexity index is 612. The lowest BCUT2D eigenvalue weighted by molar-refractivity contribution is 1.20. The van der Waals surface area contributed by atoms with Gasteiger partial charge in [0.05, 0.1) is 5.69 Å². The number of hydrogen-bond donors (Lipinski definition) is 0. The van der Waals surface area contributed by atoms with E-state index in [1.54, 1.807) is 12.4 Å². The molecule has 2 heteroatoms. The van der Waals surface area contributed by atoms with Crippen LogP contribution in [0.4, 0.5) is 0 Å². The highest BCUT2D eigenvalue weighted by Crippen LogP contribution is 2.25. The third-order valence-corrected chi connectivity index (χ3v) is 2.56. The molecule has 0 aliphatic heterocycles.